The quantitative estimate of drug-likeness (QED) is 0.848. The predicted octanol–water partition coefficient (Wildman–Crippen LogP) is 4.20. The lowest BCUT2D eigenvalue weighted by atomic mass is 10.2. The Morgan fingerprint density at radius 3 is 2.79 bits per heavy atom. The number of halogens is 2. The summed E-state index contributed by atoms with van der Waals surface area (Å²) < 4.78 is 6.49. The van der Waals surface area contributed by atoms with Crippen molar-refractivity contribution >= 4 is 33.8 Å². The van der Waals surface area contributed by atoms with Gasteiger partial charge in [0.25, 0.3) is 0 Å². The summed E-state index contributed by atoms with van der Waals surface area (Å²) in [4.78, 5) is 10.6. The Morgan fingerprint density at radius 2 is 2.11 bits per heavy atom. The highest BCUT2D eigenvalue weighted by Crippen LogP contribution is 2.31. The molecule has 0 aromatic heterocycles. The number of ether oxygens (including phenoxy) is 1. The fourth-order valence-corrected chi connectivity index (χ4v) is 2.22. The molecule has 0 bridgehead atoms. The molecule has 0 heterocycles. The fraction of sp³-hybridized carbons (Fsp3) is 0.0714. The van der Waals surface area contributed by atoms with Crippen LogP contribution in [0.2, 0.25) is 5.02 Å². The van der Waals surface area contributed by atoms with Crippen molar-refractivity contribution in [3.8, 4) is 11.5 Å². The summed E-state index contributed by atoms with van der Waals surface area (Å²) in [6.07, 6.45) is 0.541. The molecule has 2 aromatic carbocycles. The van der Waals surface area contributed by atoms with E-state index in [1.165, 1.54) is 12.1 Å². The zero-order valence-corrected chi connectivity index (χ0v) is 12.1. The molecule has 0 spiro atoms. The standard InChI is InChI=1S/C14H10BrClO3/c15-11-3-1-2-9(4-11)8-19-14-6-13(18)10(7-17)5-12(14)16/h1-7,18H,8H2. The maximum Gasteiger partial charge on any atom is 0.153 e. The maximum absolute atomic E-state index is 10.6. The molecule has 0 saturated heterocycles. The minimum Gasteiger partial charge on any atom is -0.507 e. The molecule has 19 heavy (non-hydrogen) atoms. The van der Waals surface area contributed by atoms with Crippen molar-refractivity contribution in [1.29, 1.82) is 0 Å². The van der Waals surface area contributed by atoms with E-state index in [4.69, 9.17) is 16.3 Å². The normalized spacial score (nSPS) is 10.2. The lowest BCUT2D eigenvalue weighted by Crippen LogP contribution is -1.96. The van der Waals surface area contributed by atoms with E-state index in [0.29, 0.717) is 18.6 Å². The number of phenols is 1. The van der Waals surface area contributed by atoms with Crippen LogP contribution in [0.25, 0.3) is 0 Å². The van der Waals surface area contributed by atoms with Crippen LogP contribution in [0.5, 0.6) is 11.5 Å². The number of hydrogen-bond donors (Lipinski definition) is 1. The molecule has 0 aliphatic carbocycles. The summed E-state index contributed by atoms with van der Waals surface area (Å²) in [6.45, 7) is 0.318. The average molecular weight is 342 g/mol. The molecule has 0 atom stereocenters. The summed E-state index contributed by atoms with van der Waals surface area (Å²) in [5, 5.41) is 9.87. The summed E-state index contributed by atoms with van der Waals surface area (Å²) in [7, 11) is 0. The smallest absolute Gasteiger partial charge is 0.153 e. The van der Waals surface area contributed by atoms with Gasteiger partial charge in [0, 0.05) is 10.5 Å². The number of rotatable bonds is 4. The van der Waals surface area contributed by atoms with Crippen molar-refractivity contribution in [2.45, 2.75) is 6.61 Å². The molecule has 2 rings (SSSR count). The molecule has 5 heteroatoms. The van der Waals surface area contributed by atoms with E-state index in [1.54, 1.807) is 0 Å². The molecule has 98 valence electrons. The Balaban J connectivity index is 2.16. The molecule has 0 fully saturated rings. The number of phenolic OH excluding ortho intramolecular Hbond substituents is 1. The summed E-state index contributed by atoms with van der Waals surface area (Å²) >= 11 is 9.35. The first-order chi connectivity index (χ1) is 9.10. The van der Waals surface area contributed by atoms with Crippen LogP contribution in [0, 0.1) is 0 Å². The second-order valence-electron chi connectivity index (χ2n) is 3.88. The molecule has 0 radical (unpaired) electrons. The van der Waals surface area contributed by atoms with Crippen LogP contribution in [-0.4, -0.2) is 11.4 Å². The third kappa shape index (κ3) is 3.49. The molecule has 0 unspecified atom stereocenters. The first-order valence-electron chi connectivity index (χ1n) is 5.45. The van der Waals surface area contributed by atoms with Crippen molar-refractivity contribution in [3.63, 3.8) is 0 Å². The summed E-state index contributed by atoms with van der Waals surface area (Å²) in [6, 6.07) is 10.4. The van der Waals surface area contributed by atoms with Gasteiger partial charge in [-0.05, 0) is 23.8 Å². The van der Waals surface area contributed by atoms with Crippen LogP contribution in [0.15, 0.2) is 40.9 Å². The van der Waals surface area contributed by atoms with E-state index in [2.05, 4.69) is 15.9 Å². The first-order valence-corrected chi connectivity index (χ1v) is 6.62. The van der Waals surface area contributed by atoms with Crippen molar-refractivity contribution in [1.82, 2.24) is 0 Å². The molecule has 3 nitrogen and oxygen atoms in total. The summed E-state index contributed by atoms with van der Waals surface area (Å²) in [5.41, 5.74) is 1.10. The van der Waals surface area contributed by atoms with Gasteiger partial charge in [-0.2, -0.15) is 0 Å². The van der Waals surface area contributed by atoms with E-state index < -0.39 is 0 Å². The number of carbonyl (C=O) groups is 1. The highest BCUT2D eigenvalue weighted by molar-refractivity contribution is 9.10. The van der Waals surface area contributed by atoms with Crippen molar-refractivity contribution < 1.29 is 14.6 Å². The second-order valence-corrected chi connectivity index (χ2v) is 5.20. The van der Waals surface area contributed by atoms with Gasteiger partial charge in [-0.3, -0.25) is 4.79 Å². The molecule has 1 N–H and O–H groups in total. The fourth-order valence-electron chi connectivity index (χ4n) is 1.55. The molecular formula is C14H10BrClO3. The zero-order valence-electron chi connectivity index (χ0n) is 9.77. The SMILES string of the molecule is O=Cc1cc(Cl)c(OCc2cccc(Br)c2)cc1O. The Bertz CT molecular complexity index is 614. The Morgan fingerprint density at radius 1 is 1.32 bits per heavy atom. The summed E-state index contributed by atoms with van der Waals surface area (Å²) in [5.74, 6) is 0.188. The zero-order chi connectivity index (χ0) is 13.8. The number of carbonyl (C=O) groups excluding carboxylic acids is 1. The van der Waals surface area contributed by atoms with Crippen LogP contribution in [0.4, 0.5) is 0 Å². The monoisotopic (exact) mass is 340 g/mol. The van der Waals surface area contributed by atoms with Gasteiger partial charge in [0.2, 0.25) is 0 Å². The molecule has 0 amide bonds. The maximum atomic E-state index is 10.6. The van der Waals surface area contributed by atoms with Crippen molar-refractivity contribution in [2.24, 2.45) is 0 Å². The number of aromatic hydroxyl groups is 1. The van der Waals surface area contributed by atoms with E-state index in [9.17, 15) is 9.90 Å². The second kappa shape index (κ2) is 6.08. The predicted molar refractivity (Wildman–Crippen MR) is 77.0 cm³/mol. The van der Waals surface area contributed by atoms with Gasteiger partial charge < -0.3 is 9.84 Å². The Hall–Kier alpha value is -1.52. The lowest BCUT2D eigenvalue weighted by Gasteiger charge is -2.09. The third-order valence-corrected chi connectivity index (χ3v) is 3.28. The third-order valence-electron chi connectivity index (χ3n) is 2.49. The first kappa shape index (κ1) is 13.9. The van der Waals surface area contributed by atoms with Gasteiger partial charge in [-0.15, -0.1) is 0 Å². The Kier molecular flexibility index (Phi) is 4.45. The van der Waals surface area contributed by atoms with Gasteiger partial charge >= 0.3 is 0 Å². The Labute approximate surface area is 123 Å². The minimum absolute atomic E-state index is 0.139. The van der Waals surface area contributed by atoms with Crippen LogP contribution in [-0.2, 0) is 6.61 Å². The van der Waals surface area contributed by atoms with Crippen molar-refractivity contribution in [3.05, 3.63) is 57.0 Å². The van der Waals surface area contributed by atoms with Gasteiger partial charge in [0.1, 0.15) is 18.1 Å². The van der Waals surface area contributed by atoms with Crippen molar-refractivity contribution in [2.75, 3.05) is 0 Å². The largest absolute Gasteiger partial charge is 0.507 e. The number of hydrogen-bond acceptors (Lipinski definition) is 3. The number of benzene rings is 2. The van der Waals surface area contributed by atoms with Crippen LogP contribution < -0.4 is 4.74 Å². The topological polar surface area (TPSA) is 46.5 Å². The van der Waals surface area contributed by atoms with Crippen LogP contribution >= 0.6 is 27.5 Å². The molecule has 0 aliphatic rings. The number of aldehydes is 1. The minimum atomic E-state index is -0.149. The van der Waals surface area contributed by atoms with Gasteiger partial charge in [0.05, 0.1) is 10.6 Å². The van der Waals surface area contributed by atoms with Gasteiger partial charge in [-0.1, -0.05) is 39.7 Å². The van der Waals surface area contributed by atoms with Gasteiger partial charge in [-0.25, -0.2) is 0 Å². The van der Waals surface area contributed by atoms with Crippen LogP contribution in [0.1, 0.15) is 15.9 Å². The van der Waals surface area contributed by atoms with Gasteiger partial charge in [0.15, 0.2) is 6.29 Å². The molecule has 0 aliphatic heterocycles. The van der Waals surface area contributed by atoms with Crippen LogP contribution in [0.3, 0.4) is 0 Å². The van der Waals surface area contributed by atoms with E-state index >= 15 is 0 Å². The highest BCUT2D eigenvalue weighted by Gasteiger charge is 2.08. The molecule has 0 saturated carbocycles. The molecule has 2 aromatic rings. The molecular weight excluding hydrogens is 332 g/mol. The van der Waals surface area contributed by atoms with E-state index in [0.717, 1.165) is 10.0 Å². The van der Waals surface area contributed by atoms with E-state index in [1.807, 2.05) is 24.3 Å². The van der Waals surface area contributed by atoms with E-state index in [-0.39, 0.29) is 16.3 Å². The lowest BCUT2D eigenvalue weighted by molar-refractivity contribution is 0.112. The highest BCUT2D eigenvalue weighted by atomic mass is 79.9. The average Bonchev–Trinajstić information content (AvgIpc) is 2.39.